The number of rotatable bonds is 2. The van der Waals surface area contributed by atoms with Gasteiger partial charge in [0, 0.05) is 11.8 Å². The van der Waals surface area contributed by atoms with Crippen molar-refractivity contribution in [3.63, 3.8) is 0 Å². The Balaban J connectivity index is 1.96. The van der Waals surface area contributed by atoms with E-state index in [1.165, 1.54) is 0 Å². The Labute approximate surface area is 117 Å². The second-order valence-electron chi connectivity index (χ2n) is 4.75. The van der Waals surface area contributed by atoms with Crippen LogP contribution in [0.4, 0.5) is 0 Å². The quantitative estimate of drug-likeness (QED) is 0.836. The highest BCUT2D eigenvalue weighted by Gasteiger charge is 2.16. The van der Waals surface area contributed by atoms with Gasteiger partial charge in [-0.3, -0.25) is 0 Å². The van der Waals surface area contributed by atoms with E-state index in [9.17, 15) is 0 Å². The van der Waals surface area contributed by atoms with Gasteiger partial charge in [-0.1, -0.05) is 12.1 Å². The van der Waals surface area contributed by atoms with Crippen LogP contribution < -0.4 is 9.47 Å². The first-order chi connectivity index (χ1) is 9.76. The van der Waals surface area contributed by atoms with E-state index in [2.05, 4.69) is 11.1 Å². The normalized spacial score (nSPS) is 13.0. The molecule has 0 fully saturated rings. The topological polar surface area (TPSA) is 55.1 Å². The molecule has 0 amide bonds. The average Bonchev–Trinajstić information content (AvgIpc) is 2.47. The first kappa shape index (κ1) is 12.5. The van der Waals surface area contributed by atoms with Crippen molar-refractivity contribution < 1.29 is 9.47 Å². The Hall–Kier alpha value is -2.54. The Morgan fingerprint density at radius 1 is 1.35 bits per heavy atom. The van der Waals surface area contributed by atoms with Gasteiger partial charge in [0.05, 0.1) is 18.2 Å². The van der Waals surface area contributed by atoms with Crippen molar-refractivity contribution in [1.29, 1.82) is 5.26 Å². The summed E-state index contributed by atoms with van der Waals surface area (Å²) < 4.78 is 11.5. The molecule has 20 heavy (non-hydrogen) atoms. The number of hydrogen-bond donors (Lipinski definition) is 0. The number of para-hydroxylation sites is 1. The predicted octanol–water partition coefficient (Wildman–Crippen LogP) is 3.38. The molecule has 0 unspecified atom stereocenters. The van der Waals surface area contributed by atoms with Crippen molar-refractivity contribution in [2.75, 3.05) is 6.61 Å². The molecule has 0 spiro atoms. The molecular formula is C16H14N2O2. The van der Waals surface area contributed by atoms with E-state index in [0.717, 1.165) is 29.8 Å². The molecule has 0 saturated carbocycles. The molecule has 1 aromatic carbocycles. The summed E-state index contributed by atoms with van der Waals surface area (Å²) in [5.41, 5.74) is 2.45. The van der Waals surface area contributed by atoms with Crippen LogP contribution in [-0.4, -0.2) is 11.6 Å². The molecule has 3 rings (SSSR count). The Morgan fingerprint density at radius 3 is 3.10 bits per heavy atom. The third-order valence-corrected chi connectivity index (χ3v) is 3.17. The maximum absolute atomic E-state index is 8.99. The van der Waals surface area contributed by atoms with Gasteiger partial charge in [0.25, 0.3) is 0 Å². The maximum Gasteiger partial charge on any atom is 0.220 e. The third-order valence-electron chi connectivity index (χ3n) is 3.17. The van der Waals surface area contributed by atoms with Gasteiger partial charge in [-0.2, -0.15) is 5.26 Å². The van der Waals surface area contributed by atoms with Crippen LogP contribution in [0.3, 0.4) is 0 Å². The lowest BCUT2D eigenvalue weighted by atomic mass is 10.1. The Morgan fingerprint density at radius 2 is 2.25 bits per heavy atom. The zero-order chi connectivity index (χ0) is 13.9. The maximum atomic E-state index is 8.99. The highest BCUT2D eigenvalue weighted by atomic mass is 16.5. The SMILES string of the molecule is Cc1cc(C#N)cc(Oc2cccc3c2OCCC3)n1. The lowest BCUT2D eigenvalue weighted by molar-refractivity contribution is 0.274. The minimum atomic E-state index is 0.420. The summed E-state index contributed by atoms with van der Waals surface area (Å²) in [6.07, 6.45) is 2.02. The predicted molar refractivity (Wildman–Crippen MR) is 74.0 cm³/mol. The molecule has 4 heteroatoms. The van der Waals surface area contributed by atoms with Gasteiger partial charge in [-0.05, 0) is 37.5 Å². The van der Waals surface area contributed by atoms with Gasteiger partial charge in [-0.15, -0.1) is 0 Å². The van der Waals surface area contributed by atoms with E-state index in [4.69, 9.17) is 14.7 Å². The summed E-state index contributed by atoms with van der Waals surface area (Å²) in [6.45, 7) is 2.54. The fourth-order valence-electron chi connectivity index (χ4n) is 2.31. The molecule has 1 aromatic heterocycles. The van der Waals surface area contributed by atoms with Crippen molar-refractivity contribution in [2.24, 2.45) is 0 Å². The van der Waals surface area contributed by atoms with Crippen LogP contribution in [0.15, 0.2) is 30.3 Å². The molecular weight excluding hydrogens is 252 g/mol. The van der Waals surface area contributed by atoms with Gasteiger partial charge in [0.2, 0.25) is 5.88 Å². The van der Waals surface area contributed by atoms with Gasteiger partial charge in [0.1, 0.15) is 0 Å². The van der Waals surface area contributed by atoms with E-state index < -0.39 is 0 Å². The third kappa shape index (κ3) is 2.43. The van der Waals surface area contributed by atoms with Crippen LogP contribution in [0.1, 0.15) is 23.2 Å². The second-order valence-corrected chi connectivity index (χ2v) is 4.75. The standard InChI is InChI=1S/C16H14N2O2/c1-11-8-12(10-17)9-15(18-11)20-14-6-2-4-13-5-3-7-19-16(13)14/h2,4,6,8-9H,3,5,7H2,1H3. The molecule has 0 radical (unpaired) electrons. The van der Waals surface area contributed by atoms with E-state index in [1.807, 2.05) is 25.1 Å². The molecule has 2 heterocycles. The average molecular weight is 266 g/mol. The van der Waals surface area contributed by atoms with E-state index in [1.54, 1.807) is 12.1 Å². The van der Waals surface area contributed by atoms with Gasteiger partial charge in [-0.25, -0.2) is 4.98 Å². The summed E-state index contributed by atoms with van der Waals surface area (Å²) >= 11 is 0. The highest BCUT2D eigenvalue weighted by Crippen LogP contribution is 2.37. The van der Waals surface area contributed by atoms with E-state index >= 15 is 0 Å². The van der Waals surface area contributed by atoms with Crippen LogP contribution in [0.5, 0.6) is 17.4 Å². The fraction of sp³-hybridized carbons (Fsp3) is 0.250. The zero-order valence-electron chi connectivity index (χ0n) is 11.2. The number of hydrogen-bond acceptors (Lipinski definition) is 4. The van der Waals surface area contributed by atoms with Crippen LogP contribution in [0.25, 0.3) is 0 Å². The first-order valence-electron chi connectivity index (χ1n) is 6.57. The number of aryl methyl sites for hydroxylation is 2. The molecule has 0 bridgehead atoms. The number of nitriles is 1. The van der Waals surface area contributed by atoms with Crippen molar-refractivity contribution in [3.05, 3.63) is 47.2 Å². The lowest BCUT2D eigenvalue weighted by Gasteiger charge is -2.19. The van der Waals surface area contributed by atoms with Crippen molar-refractivity contribution >= 4 is 0 Å². The second kappa shape index (κ2) is 5.22. The molecule has 1 aliphatic heterocycles. The van der Waals surface area contributed by atoms with Gasteiger partial charge >= 0.3 is 0 Å². The molecule has 0 saturated heterocycles. The fourth-order valence-corrected chi connectivity index (χ4v) is 2.31. The van der Waals surface area contributed by atoms with Crippen LogP contribution in [0.2, 0.25) is 0 Å². The number of fused-ring (bicyclic) bond motifs is 1. The first-order valence-corrected chi connectivity index (χ1v) is 6.57. The monoisotopic (exact) mass is 266 g/mol. The van der Waals surface area contributed by atoms with E-state index in [-0.39, 0.29) is 0 Å². The number of benzene rings is 1. The molecule has 0 aliphatic carbocycles. The summed E-state index contributed by atoms with van der Waals surface area (Å²) in [7, 11) is 0. The number of ether oxygens (including phenoxy) is 2. The van der Waals surface area contributed by atoms with Crippen molar-refractivity contribution in [3.8, 4) is 23.4 Å². The minimum Gasteiger partial charge on any atom is -0.489 e. The molecule has 4 nitrogen and oxygen atoms in total. The lowest BCUT2D eigenvalue weighted by Crippen LogP contribution is -2.09. The van der Waals surface area contributed by atoms with E-state index in [0.29, 0.717) is 23.8 Å². The van der Waals surface area contributed by atoms with Crippen LogP contribution in [0, 0.1) is 18.3 Å². The van der Waals surface area contributed by atoms with Crippen molar-refractivity contribution in [1.82, 2.24) is 4.98 Å². The zero-order valence-corrected chi connectivity index (χ0v) is 11.2. The Kier molecular flexibility index (Phi) is 3.26. The summed E-state index contributed by atoms with van der Waals surface area (Å²) in [5.74, 6) is 1.87. The summed E-state index contributed by atoms with van der Waals surface area (Å²) in [4.78, 5) is 4.30. The largest absolute Gasteiger partial charge is 0.489 e. The molecule has 0 N–H and O–H groups in total. The Bertz CT molecular complexity index is 689. The molecule has 0 atom stereocenters. The molecule has 1 aliphatic rings. The van der Waals surface area contributed by atoms with Gasteiger partial charge < -0.3 is 9.47 Å². The number of pyridine rings is 1. The highest BCUT2D eigenvalue weighted by molar-refractivity contribution is 5.49. The minimum absolute atomic E-state index is 0.420. The van der Waals surface area contributed by atoms with Crippen molar-refractivity contribution in [2.45, 2.75) is 19.8 Å². The van der Waals surface area contributed by atoms with Gasteiger partial charge in [0.15, 0.2) is 11.5 Å². The number of nitrogens with zero attached hydrogens (tertiary/aromatic N) is 2. The number of aromatic nitrogens is 1. The van der Waals surface area contributed by atoms with Crippen LogP contribution >= 0.6 is 0 Å². The summed E-state index contributed by atoms with van der Waals surface area (Å²) in [5, 5.41) is 8.99. The van der Waals surface area contributed by atoms with Crippen LogP contribution in [-0.2, 0) is 6.42 Å². The summed E-state index contributed by atoms with van der Waals surface area (Å²) in [6, 6.07) is 11.3. The smallest absolute Gasteiger partial charge is 0.220 e. The molecule has 100 valence electrons. The molecule has 2 aromatic rings.